The molecule has 0 aliphatic heterocycles. The van der Waals surface area contributed by atoms with Crippen molar-refractivity contribution >= 4 is 29.0 Å². The molecule has 32 heavy (non-hydrogen) atoms. The first kappa shape index (κ1) is 20.9. The number of carbonyl (C=O) groups is 1. The first-order valence-electron chi connectivity index (χ1n) is 9.50. The average molecular weight is 434 g/mol. The quantitative estimate of drug-likeness (QED) is 0.358. The largest absolute Gasteiger partial charge is 0.506 e. The molecule has 0 atom stereocenters. The van der Waals surface area contributed by atoms with Crippen LogP contribution in [0.1, 0.15) is 33.1 Å². The summed E-state index contributed by atoms with van der Waals surface area (Å²) in [5.41, 5.74) is 1.67. The van der Waals surface area contributed by atoms with Crippen LogP contribution >= 0.6 is 0 Å². The predicted molar refractivity (Wildman–Crippen MR) is 117 cm³/mol. The number of aromatic nitrogens is 4. The van der Waals surface area contributed by atoms with E-state index < -0.39 is 11.6 Å². The van der Waals surface area contributed by atoms with Crippen molar-refractivity contribution in [3.05, 3.63) is 77.9 Å². The van der Waals surface area contributed by atoms with E-state index in [1.807, 2.05) is 0 Å². The van der Waals surface area contributed by atoms with Gasteiger partial charge in [0.05, 0.1) is 30.3 Å². The Kier molecular flexibility index (Phi) is 5.46. The molecule has 0 spiro atoms. The number of H-pyrrole nitrogens is 2. The zero-order valence-corrected chi connectivity index (χ0v) is 17.1. The highest BCUT2D eigenvalue weighted by Crippen LogP contribution is 2.33. The van der Waals surface area contributed by atoms with Gasteiger partial charge >= 0.3 is 0 Å². The summed E-state index contributed by atoms with van der Waals surface area (Å²) in [5, 5.41) is 10.1. The van der Waals surface area contributed by atoms with Crippen molar-refractivity contribution in [1.82, 2.24) is 19.9 Å². The Balaban J connectivity index is 1.63. The van der Waals surface area contributed by atoms with Gasteiger partial charge in [0, 0.05) is 23.2 Å². The number of nitrogens with one attached hydrogen (secondary N) is 2. The number of ether oxygens (including phenoxy) is 2. The van der Waals surface area contributed by atoms with E-state index in [9.17, 15) is 14.3 Å². The standard InChI is InChI=1S/C23H19FN4O4/c1-4-17-18(5-2)28-21(27-17)11-32-20-8-16(24)14(7-19(20)31-3)22(30)15-10-26-23-13(15)6-12(29)9-25-23/h4-10,29H,1-2,11H2,3H3,(H,25,26)(H,27,28). The van der Waals surface area contributed by atoms with Crippen LogP contribution in [0.3, 0.4) is 0 Å². The van der Waals surface area contributed by atoms with E-state index in [1.165, 1.54) is 31.6 Å². The van der Waals surface area contributed by atoms with Crippen LogP contribution in [0.4, 0.5) is 4.39 Å². The van der Waals surface area contributed by atoms with E-state index in [2.05, 4.69) is 33.1 Å². The van der Waals surface area contributed by atoms with Crippen LogP contribution in [-0.4, -0.2) is 37.9 Å². The van der Waals surface area contributed by atoms with Crippen molar-refractivity contribution in [3.8, 4) is 17.2 Å². The van der Waals surface area contributed by atoms with Gasteiger partial charge in [-0.15, -0.1) is 0 Å². The summed E-state index contributed by atoms with van der Waals surface area (Å²) < 4.78 is 25.9. The highest BCUT2D eigenvalue weighted by atomic mass is 19.1. The summed E-state index contributed by atoms with van der Waals surface area (Å²) in [6.45, 7) is 7.39. The molecule has 4 aromatic rings. The minimum absolute atomic E-state index is 0.00513. The van der Waals surface area contributed by atoms with Crippen molar-refractivity contribution in [2.45, 2.75) is 6.61 Å². The van der Waals surface area contributed by atoms with E-state index >= 15 is 0 Å². The second-order valence-electron chi connectivity index (χ2n) is 6.78. The smallest absolute Gasteiger partial charge is 0.198 e. The molecule has 0 saturated carbocycles. The van der Waals surface area contributed by atoms with Crippen LogP contribution < -0.4 is 9.47 Å². The number of methoxy groups -OCH3 is 1. The molecule has 3 heterocycles. The molecule has 0 radical (unpaired) electrons. The van der Waals surface area contributed by atoms with Gasteiger partial charge in [-0.05, 0) is 24.3 Å². The molecule has 0 amide bonds. The molecule has 9 heteroatoms. The number of rotatable bonds is 8. The Bertz CT molecular complexity index is 1330. The second-order valence-corrected chi connectivity index (χ2v) is 6.78. The second kappa shape index (κ2) is 8.38. The molecular formula is C23H19FN4O4. The van der Waals surface area contributed by atoms with Gasteiger partial charge in [0.2, 0.25) is 0 Å². The third-order valence-corrected chi connectivity index (χ3v) is 4.83. The number of carbonyl (C=O) groups excluding carboxylic acids is 1. The van der Waals surface area contributed by atoms with Crippen molar-refractivity contribution < 1.29 is 23.8 Å². The summed E-state index contributed by atoms with van der Waals surface area (Å²) in [7, 11) is 1.39. The average Bonchev–Trinajstić information content (AvgIpc) is 3.40. The Hall–Kier alpha value is -4.40. The number of halogens is 1. The van der Waals surface area contributed by atoms with Crippen LogP contribution in [-0.2, 0) is 6.61 Å². The van der Waals surface area contributed by atoms with Gasteiger partial charge in [0.25, 0.3) is 0 Å². The zero-order valence-electron chi connectivity index (χ0n) is 17.1. The van der Waals surface area contributed by atoms with Crippen molar-refractivity contribution in [2.75, 3.05) is 7.11 Å². The predicted octanol–water partition coefficient (Wildman–Crippen LogP) is 4.24. The van der Waals surface area contributed by atoms with E-state index in [0.717, 1.165) is 6.07 Å². The molecule has 0 aliphatic carbocycles. The van der Waals surface area contributed by atoms with E-state index in [4.69, 9.17) is 9.47 Å². The number of hydrogen-bond donors (Lipinski definition) is 3. The van der Waals surface area contributed by atoms with Gasteiger partial charge in [-0.1, -0.05) is 13.2 Å². The number of aromatic amines is 2. The van der Waals surface area contributed by atoms with Gasteiger partial charge in [-0.2, -0.15) is 0 Å². The highest BCUT2D eigenvalue weighted by Gasteiger charge is 2.22. The number of aromatic hydroxyl groups is 1. The number of fused-ring (bicyclic) bond motifs is 1. The van der Waals surface area contributed by atoms with Crippen molar-refractivity contribution in [3.63, 3.8) is 0 Å². The fourth-order valence-electron chi connectivity index (χ4n) is 3.29. The number of imidazole rings is 1. The molecule has 4 rings (SSSR count). The lowest BCUT2D eigenvalue weighted by Gasteiger charge is -2.12. The van der Waals surface area contributed by atoms with Gasteiger partial charge in [-0.25, -0.2) is 14.4 Å². The van der Waals surface area contributed by atoms with Gasteiger partial charge in [-0.3, -0.25) is 4.79 Å². The lowest BCUT2D eigenvalue weighted by atomic mass is 10.0. The lowest BCUT2D eigenvalue weighted by molar-refractivity contribution is 0.103. The Morgan fingerprint density at radius 1 is 1.22 bits per heavy atom. The number of nitrogens with zero attached hydrogens (tertiary/aromatic N) is 2. The van der Waals surface area contributed by atoms with Crippen LogP contribution in [0.5, 0.6) is 17.2 Å². The monoisotopic (exact) mass is 434 g/mol. The summed E-state index contributed by atoms with van der Waals surface area (Å²) in [5.74, 6) is -0.713. The maximum Gasteiger partial charge on any atom is 0.198 e. The molecule has 0 aliphatic rings. The third-order valence-electron chi connectivity index (χ3n) is 4.83. The van der Waals surface area contributed by atoms with Crippen molar-refractivity contribution in [2.24, 2.45) is 0 Å². The van der Waals surface area contributed by atoms with Crippen LogP contribution in [0.2, 0.25) is 0 Å². The fourth-order valence-corrected chi connectivity index (χ4v) is 3.29. The van der Waals surface area contributed by atoms with E-state index in [0.29, 0.717) is 28.2 Å². The lowest BCUT2D eigenvalue weighted by Crippen LogP contribution is -2.06. The number of benzene rings is 1. The topological polar surface area (TPSA) is 113 Å². The minimum Gasteiger partial charge on any atom is -0.506 e. The molecule has 0 unspecified atom stereocenters. The summed E-state index contributed by atoms with van der Waals surface area (Å²) in [4.78, 5) is 27.2. The normalized spacial score (nSPS) is 10.8. The first-order chi connectivity index (χ1) is 15.4. The molecule has 0 fully saturated rings. The summed E-state index contributed by atoms with van der Waals surface area (Å²) >= 11 is 0. The maximum absolute atomic E-state index is 14.9. The third kappa shape index (κ3) is 3.71. The van der Waals surface area contributed by atoms with Crippen LogP contribution in [0, 0.1) is 5.82 Å². The molecule has 0 bridgehead atoms. The molecule has 0 saturated heterocycles. The van der Waals surface area contributed by atoms with E-state index in [1.54, 1.807) is 12.2 Å². The van der Waals surface area contributed by atoms with Gasteiger partial charge < -0.3 is 24.5 Å². The number of ketones is 1. The zero-order chi connectivity index (χ0) is 22.8. The van der Waals surface area contributed by atoms with E-state index in [-0.39, 0.29) is 35.0 Å². The first-order valence-corrected chi connectivity index (χ1v) is 9.50. The van der Waals surface area contributed by atoms with Gasteiger partial charge in [0.1, 0.15) is 29.6 Å². The summed E-state index contributed by atoms with van der Waals surface area (Å²) in [6, 6.07) is 3.74. The maximum atomic E-state index is 14.9. The Morgan fingerprint density at radius 3 is 2.72 bits per heavy atom. The van der Waals surface area contributed by atoms with Crippen LogP contribution in [0.15, 0.2) is 43.8 Å². The summed E-state index contributed by atoms with van der Waals surface area (Å²) in [6.07, 6.45) is 5.85. The van der Waals surface area contributed by atoms with Crippen LogP contribution in [0.25, 0.3) is 23.2 Å². The Labute approximate surface area is 182 Å². The molecular weight excluding hydrogens is 415 g/mol. The fraction of sp³-hybridized carbons (Fsp3) is 0.0870. The highest BCUT2D eigenvalue weighted by molar-refractivity contribution is 6.16. The minimum atomic E-state index is -0.786. The molecule has 1 aromatic carbocycles. The van der Waals surface area contributed by atoms with Gasteiger partial charge in [0.15, 0.2) is 17.3 Å². The molecule has 162 valence electrons. The Morgan fingerprint density at radius 2 is 2.03 bits per heavy atom. The molecule has 8 nitrogen and oxygen atoms in total. The molecule has 3 aromatic heterocycles. The SMILES string of the molecule is C=Cc1nc(COc2cc(F)c(C(=O)c3c[nH]c4ncc(O)cc34)cc2OC)[nH]c1C=C. The molecule has 3 N–H and O–H groups in total. The number of hydrogen-bond acceptors (Lipinski definition) is 6. The van der Waals surface area contributed by atoms with Crippen molar-refractivity contribution in [1.29, 1.82) is 0 Å². The number of pyridine rings is 1.